The Labute approximate surface area is 62.5 Å². The van der Waals surface area contributed by atoms with Gasteiger partial charge in [-0.2, -0.15) is 0 Å². The van der Waals surface area contributed by atoms with Crippen molar-refractivity contribution in [2.45, 2.75) is 13.8 Å². The topological polar surface area (TPSA) is 6.48 Å². The SMILES string of the molecule is CCN(CC)CCN(C)F. The lowest BCUT2D eigenvalue weighted by Gasteiger charge is -2.18. The monoisotopic (exact) mass is 148 g/mol. The molecule has 0 aliphatic heterocycles. The van der Waals surface area contributed by atoms with Crippen LogP contribution in [0.15, 0.2) is 0 Å². The van der Waals surface area contributed by atoms with Gasteiger partial charge >= 0.3 is 0 Å². The fraction of sp³-hybridized carbons (Fsp3) is 1.00. The summed E-state index contributed by atoms with van der Waals surface area (Å²) in [5.74, 6) is 0. The Morgan fingerprint density at radius 2 is 1.60 bits per heavy atom. The van der Waals surface area contributed by atoms with E-state index >= 15 is 0 Å². The summed E-state index contributed by atoms with van der Waals surface area (Å²) < 4.78 is 12.1. The molecule has 0 saturated carbocycles. The first-order valence-electron chi connectivity index (χ1n) is 3.80. The zero-order valence-electron chi connectivity index (χ0n) is 7.10. The fourth-order valence-electron chi connectivity index (χ4n) is 0.819. The van der Waals surface area contributed by atoms with Crippen LogP contribution in [-0.2, 0) is 0 Å². The van der Waals surface area contributed by atoms with Gasteiger partial charge in [-0.15, -0.1) is 9.60 Å². The van der Waals surface area contributed by atoms with Gasteiger partial charge in [0.15, 0.2) is 0 Å². The molecule has 0 aromatic heterocycles. The van der Waals surface area contributed by atoms with Gasteiger partial charge in [0.2, 0.25) is 0 Å². The molecule has 0 rings (SSSR count). The van der Waals surface area contributed by atoms with Gasteiger partial charge < -0.3 is 4.90 Å². The van der Waals surface area contributed by atoms with Crippen molar-refractivity contribution in [1.29, 1.82) is 0 Å². The van der Waals surface area contributed by atoms with Crippen LogP contribution in [0.3, 0.4) is 0 Å². The maximum absolute atomic E-state index is 12.1. The Kier molecular flexibility index (Phi) is 5.54. The number of rotatable bonds is 5. The molecule has 0 heterocycles. The molecule has 10 heavy (non-hydrogen) atoms. The third-order valence-corrected chi connectivity index (χ3v) is 1.62. The Balaban J connectivity index is 3.26. The summed E-state index contributed by atoms with van der Waals surface area (Å²) in [6.07, 6.45) is 0. The molecule has 0 aliphatic carbocycles. The first-order valence-corrected chi connectivity index (χ1v) is 3.80. The zero-order valence-corrected chi connectivity index (χ0v) is 7.10. The summed E-state index contributed by atoms with van der Waals surface area (Å²) in [6, 6.07) is 0. The van der Waals surface area contributed by atoms with E-state index in [1.54, 1.807) is 0 Å². The second-order valence-electron chi connectivity index (χ2n) is 2.36. The molecular weight excluding hydrogens is 131 g/mol. The average molecular weight is 148 g/mol. The summed E-state index contributed by atoms with van der Waals surface area (Å²) in [5, 5.41) is 0.721. The third-order valence-electron chi connectivity index (χ3n) is 1.62. The first kappa shape index (κ1) is 9.85. The lowest BCUT2D eigenvalue weighted by atomic mass is 10.5. The Morgan fingerprint density at radius 3 is 1.90 bits per heavy atom. The number of likely N-dealkylation sites (N-methyl/N-ethyl adjacent to an activating group) is 2. The molecule has 0 aliphatic rings. The summed E-state index contributed by atoms with van der Waals surface area (Å²) in [7, 11) is 1.45. The van der Waals surface area contributed by atoms with Gasteiger partial charge in [0.25, 0.3) is 0 Å². The predicted molar refractivity (Wildman–Crippen MR) is 41.5 cm³/mol. The molecule has 3 heteroatoms. The van der Waals surface area contributed by atoms with Crippen molar-refractivity contribution in [1.82, 2.24) is 10.0 Å². The van der Waals surface area contributed by atoms with E-state index in [9.17, 15) is 4.48 Å². The van der Waals surface area contributed by atoms with Gasteiger partial charge in [0.1, 0.15) is 0 Å². The summed E-state index contributed by atoms with van der Waals surface area (Å²) >= 11 is 0. The minimum absolute atomic E-state index is 0.502. The van der Waals surface area contributed by atoms with Crippen LogP contribution in [0.4, 0.5) is 4.48 Å². The highest BCUT2D eigenvalue weighted by atomic mass is 19.2. The van der Waals surface area contributed by atoms with Gasteiger partial charge in [-0.3, -0.25) is 0 Å². The van der Waals surface area contributed by atoms with E-state index in [2.05, 4.69) is 18.7 Å². The van der Waals surface area contributed by atoms with Crippen molar-refractivity contribution >= 4 is 0 Å². The van der Waals surface area contributed by atoms with E-state index in [4.69, 9.17) is 0 Å². The van der Waals surface area contributed by atoms with Gasteiger partial charge in [-0.25, -0.2) is 0 Å². The number of halogens is 1. The van der Waals surface area contributed by atoms with E-state index in [1.165, 1.54) is 7.05 Å². The first-order chi connectivity index (χ1) is 4.70. The highest BCUT2D eigenvalue weighted by molar-refractivity contribution is 4.51. The summed E-state index contributed by atoms with van der Waals surface area (Å²) in [6.45, 7) is 7.50. The van der Waals surface area contributed by atoms with Gasteiger partial charge in [0.05, 0.1) is 0 Å². The van der Waals surface area contributed by atoms with E-state index in [0.29, 0.717) is 6.54 Å². The normalized spacial score (nSPS) is 11.4. The lowest BCUT2D eigenvalue weighted by molar-refractivity contribution is 0.0484. The standard InChI is InChI=1S/C7H17FN2/c1-4-10(5-2)7-6-9(3)8/h4-7H2,1-3H3. The number of nitrogens with zero attached hydrogens (tertiary/aromatic N) is 2. The van der Waals surface area contributed by atoms with Crippen LogP contribution in [0.5, 0.6) is 0 Å². The molecule has 0 amide bonds. The number of hydrogen-bond acceptors (Lipinski definition) is 2. The largest absolute Gasteiger partial charge is 0.303 e. The van der Waals surface area contributed by atoms with Crippen molar-refractivity contribution in [2.24, 2.45) is 0 Å². The van der Waals surface area contributed by atoms with Crippen molar-refractivity contribution < 1.29 is 4.48 Å². The van der Waals surface area contributed by atoms with Crippen LogP contribution in [0, 0.1) is 0 Å². The maximum Gasteiger partial charge on any atom is 0.0414 e. The molecule has 62 valence electrons. The van der Waals surface area contributed by atoms with Crippen LogP contribution in [0.1, 0.15) is 13.8 Å². The average Bonchev–Trinajstić information content (AvgIpc) is 1.90. The Hall–Kier alpha value is -0.150. The van der Waals surface area contributed by atoms with E-state index in [-0.39, 0.29) is 0 Å². The minimum atomic E-state index is 0.502. The van der Waals surface area contributed by atoms with Crippen LogP contribution in [-0.4, -0.2) is 43.2 Å². The van der Waals surface area contributed by atoms with E-state index in [0.717, 1.165) is 24.8 Å². The number of hydrogen-bond donors (Lipinski definition) is 0. The Bertz CT molecular complexity index is 72.0. The molecule has 0 saturated heterocycles. The predicted octanol–water partition coefficient (Wildman–Crippen LogP) is 1.14. The van der Waals surface area contributed by atoms with Crippen LogP contribution in [0.2, 0.25) is 0 Å². The molecule has 0 N–H and O–H groups in total. The van der Waals surface area contributed by atoms with Crippen LogP contribution >= 0.6 is 0 Å². The van der Waals surface area contributed by atoms with Crippen molar-refractivity contribution in [3.63, 3.8) is 0 Å². The maximum atomic E-state index is 12.1. The minimum Gasteiger partial charge on any atom is -0.303 e. The third kappa shape index (κ3) is 4.70. The molecule has 0 fully saturated rings. The molecule has 0 unspecified atom stereocenters. The second kappa shape index (κ2) is 5.62. The summed E-state index contributed by atoms with van der Waals surface area (Å²) in [5.41, 5.74) is 0. The van der Waals surface area contributed by atoms with E-state index < -0.39 is 0 Å². The van der Waals surface area contributed by atoms with Crippen LogP contribution in [0.25, 0.3) is 0 Å². The van der Waals surface area contributed by atoms with Crippen LogP contribution < -0.4 is 0 Å². The molecule has 0 radical (unpaired) electrons. The Morgan fingerprint density at radius 1 is 1.10 bits per heavy atom. The molecular formula is C7H17FN2. The molecule has 0 aromatic rings. The lowest BCUT2D eigenvalue weighted by Crippen LogP contribution is -2.30. The molecule has 2 nitrogen and oxygen atoms in total. The van der Waals surface area contributed by atoms with Gasteiger partial charge in [-0.05, 0) is 13.1 Å². The highest BCUT2D eigenvalue weighted by Crippen LogP contribution is 1.88. The summed E-state index contributed by atoms with van der Waals surface area (Å²) in [4.78, 5) is 2.19. The zero-order chi connectivity index (χ0) is 7.98. The highest BCUT2D eigenvalue weighted by Gasteiger charge is 1.99. The second-order valence-corrected chi connectivity index (χ2v) is 2.36. The molecule has 0 atom stereocenters. The quantitative estimate of drug-likeness (QED) is 0.539. The van der Waals surface area contributed by atoms with Crippen molar-refractivity contribution in [2.75, 3.05) is 33.2 Å². The smallest absolute Gasteiger partial charge is 0.0414 e. The molecule has 0 bridgehead atoms. The van der Waals surface area contributed by atoms with Crippen molar-refractivity contribution in [3.05, 3.63) is 0 Å². The van der Waals surface area contributed by atoms with E-state index in [1.807, 2.05) is 0 Å². The van der Waals surface area contributed by atoms with Gasteiger partial charge in [-0.1, -0.05) is 13.8 Å². The molecule has 0 aromatic carbocycles. The van der Waals surface area contributed by atoms with Crippen molar-refractivity contribution in [3.8, 4) is 0 Å². The van der Waals surface area contributed by atoms with Gasteiger partial charge in [0, 0.05) is 20.1 Å². The molecule has 0 spiro atoms. The fourth-order valence-corrected chi connectivity index (χ4v) is 0.819.